The second-order valence-electron chi connectivity index (χ2n) is 13.7. The molecular formula is C42H42N8O2. The average Bonchev–Trinajstić information content (AvgIpc) is 4.04. The molecule has 2 aromatic heterocycles. The van der Waals surface area contributed by atoms with E-state index in [0.717, 1.165) is 82.1 Å². The first kappa shape index (κ1) is 33.3. The van der Waals surface area contributed by atoms with Crippen LogP contribution in [-0.2, 0) is 9.59 Å². The smallest absolute Gasteiger partial charge is 0.244 e. The monoisotopic (exact) mass is 690 g/mol. The van der Waals surface area contributed by atoms with Gasteiger partial charge in [-0.2, -0.15) is 0 Å². The minimum Gasteiger partial charge on any atom is -0.346 e. The standard InChI is InChI=1S/C42H42N8O2/c43-37(31-9-3-1-4-10-31)41(51)49-23-7-13-35(49)39-45-25-33(47-39)29-19-15-27(16-20-29)28-17-21-30(22-18-28)34-26-46-40(48-34)36-14-8-24-50(36)42(52)38(44)32-11-5-2-6-12-32/h1-6,9-12,15-22,25-26,35-38H,7-8,13-14,23-24,43-44H2,(H,45,47)(H,46,48)/t35-,36-,37+,38+/m0/s1. The number of nitrogens with one attached hydrogen (secondary N) is 2. The lowest BCUT2D eigenvalue weighted by molar-refractivity contribution is -0.134. The molecule has 0 saturated carbocycles. The van der Waals surface area contributed by atoms with Gasteiger partial charge in [0.2, 0.25) is 11.8 Å². The molecule has 4 heterocycles. The van der Waals surface area contributed by atoms with E-state index in [1.54, 1.807) is 0 Å². The third-order valence-corrected chi connectivity index (χ3v) is 10.4. The Balaban J connectivity index is 0.920. The number of aromatic amines is 2. The zero-order valence-corrected chi connectivity index (χ0v) is 28.9. The summed E-state index contributed by atoms with van der Waals surface area (Å²) in [6, 6.07) is 34.1. The van der Waals surface area contributed by atoms with Crippen LogP contribution in [0.5, 0.6) is 0 Å². The predicted molar refractivity (Wildman–Crippen MR) is 201 cm³/mol. The lowest BCUT2D eigenvalue weighted by Crippen LogP contribution is -2.38. The van der Waals surface area contributed by atoms with Crippen LogP contribution in [0.25, 0.3) is 33.6 Å². The molecule has 10 heteroatoms. The van der Waals surface area contributed by atoms with Crippen molar-refractivity contribution in [2.75, 3.05) is 13.1 Å². The number of imidazole rings is 2. The Morgan fingerprint density at radius 3 is 1.31 bits per heavy atom. The molecule has 2 aliphatic heterocycles. The molecule has 10 nitrogen and oxygen atoms in total. The molecule has 4 atom stereocenters. The topological polar surface area (TPSA) is 150 Å². The summed E-state index contributed by atoms with van der Waals surface area (Å²) in [6.45, 7) is 1.33. The summed E-state index contributed by atoms with van der Waals surface area (Å²) in [4.78, 5) is 47.0. The van der Waals surface area contributed by atoms with Gasteiger partial charge in [0.25, 0.3) is 0 Å². The number of H-pyrrole nitrogens is 2. The number of hydrogen-bond acceptors (Lipinski definition) is 6. The molecule has 0 unspecified atom stereocenters. The first-order chi connectivity index (χ1) is 25.4. The highest BCUT2D eigenvalue weighted by Crippen LogP contribution is 2.36. The third-order valence-electron chi connectivity index (χ3n) is 10.4. The van der Waals surface area contributed by atoms with Crippen LogP contribution in [0.3, 0.4) is 0 Å². The Morgan fingerprint density at radius 2 is 0.923 bits per heavy atom. The van der Waals surface area contributed by atoms with Crippen molar-refractivity contribution in [2.24, 2.45) is 11.5 Å². The molecule has 6 aromatic rings. The van der Waals surface area contributed by atoms with E-state index in [9.17, 15) is 9.59 Å². The minimum atomic E-state index is -0.695. The second kappa shape index (κ2) is 14.4. The number of amides is 2. The Labute approximate surface area is 302 Å². The van der Waals surface area contributed by atoms with Crippen molar-refractivity contribution in [3.8, 4) is 33.6 Å². The predicted octanol–water partition coefficient (Wildman–Crippen LogP) is 6.86. The molecule has 0 aliphatic carbocycles. The first-order valence-electron chi connectivity index (χ1n) is 18.0. The molecule has 6 N–H and O–H groups in total. The van der Waals surface area contributed by atoms with E-state index >= 15 is 0 Å². The van der Waals surface area contributed by atoms with Crippen molar-refractivity contribution < 1.29 is 9.59 Å². The van der Waals surface area contributed by atoms with Crippen molar-refractivity contribution in [3.63, 3.8) is 0 Å². The Kier molecular flexibility index (Phi) is 9.24. The quantitative estimate of drug-likeness (QED) is 0.130. The number of rotatable bonds is 9. The summed E-state index contributed by atoms with van der Waals surface area (Å²) in [5.41, 5.74) is 20.2. The molecule has 0 radical (unpaired) electrons. The van der Waals surface area contributed by atoms with Gasteiger partial charge in [0.15, 0.2) is 0 Å². The highest BCUT2D eigenvalue weighted by Gasteiger charge is 2.36. The number of carbonyl (C=O) groups is 2. The van der Waals surface area contributed by atoms with Gasteiger partial charge < -0.3 is 31.2 Å². The van der Waals surface area contributed by atoms with E-state index in [0.29, 0.717) is 13.1 Å². The number of nitrogens with zero attached hydrogens (tertiary/aromatic N) is 4. The summed E-state index contributed by atoms with van der Waals surface area (Å²) < 4.78 is 0. The summed E-state index contributed by atoms with van der Waals surface area (Å²) in [7, 11) is 0. The van der Waals surface area contributed by atoms with Gasteiger partial charge in [-0.15, -0.1) is 0 Å². The molecule has 0 bridgehead atoms. The highest BCUT2D eigenvalue weighted by atomic mass is 16.2. The molecule has 8 rings (SSSR count). The van der Waals surface area contributed by atoms with E-state index in [4.69, 9.17) is 21.4 Å². The van der Waals surface area contributed by atoms with Crippen LogP contribution >= 0.6 is 0 Å². The van der Waals surface area contributed by atoms with Crippen molar-refractivity contribution in [1.29, 1.82) is 0 Å². The summed E-state index contributed by atoms with van der Waals surface area (Å²) in [6.07, 6.45) is 7.33. The zero-order chi connectivity index (χ0) is 35.6. The van der Waals surface area contributed by atoms with Gasteiger partial charge in [-0.3, -0.25) is 9.59 Å². The maximum Gasteiger partial charge on any atom is 0.244 e. The van der Waals surface area contributed by atoms with Crippen LogP contribution in [0.4, 0.5) is 0 Å². The van der Waals surface area contributed by atoms with E-state index in [1.807, 2.05) is 82.9 Å². The fraction of sp³-hybridized carbons (Fsp3) is 0.238. The van der Waals surface area contributed by atoms with Crippen molar-refractivity contribution >= 4 is 11.8 Å². The molecule has 2 fully saturated rings. The molecule has 4 aromatic carbocycles. The molecule has 52 heavy (non-hydrogen) atoms. The fourth-order valence-corrected chi connectivity index (χ4v) is 7.57. The lowest BCUT2D eigenvalue weighted by Gasteiger charge is -2.26. The number of aromatic nitrogens is 4. The van der Waals surface area contributed by atoms with Gasteiger partial charge in [-0.1, -0.05) is 109 Å². The highest BCUT2D eigenvalue weighted by molar-refractivity contribution is 5.84. The number of nitrogens with two attached hydrogens (primary N) is 2. The van der Waals surface area contributed by atoms with E-state index < -0.39 is 12.1 Å². The van der Waals surface area contributed by atoms with Gasteiger partial charge in [0.1, 0.15) is 23.7 Å². The number of benzene rings is 4. The third kappa shape index (κ3) is 6.54. The Morgan fingerprint density at radius 1 is 0.558 bits per heavy atom. The van der Waals surface area contributed by atoms with Crippen LogP contribution in [-0.4, -0.2) is 54.6 Å². The van der Waals surface area contributed by atoms with E-state index in [1.165, 1.54) is 0 Å². The zero-order valence-electron chi connectivity index (χ0n) is 28.9. The fourth-order valence-electron chi connectivity index (χ4n) is 7.57. The molecule has 2 aliphatic rings. The van der Waals surface area contributed by atoms with Gasteiger partial charge in [0.05, 0.1) is 23.5 Å². The van der Waals surface area contributed by atoms with Gasteiger partial charge in [0, 0.05) is 36.6 Å². The maximum absolute atomic E-state index is 13.4. The largest absolute Gasteiger partial charge is 0.346 e. The summed E-state index contributed by atoms with van der Waals surface area (Å²) >= 11 is 0. The SMILES string of the molecule is N[C@@H](C(=O)N1CCC[C@H]1c1nc(-c2ccc(-c3ccc(-c4c[nH]c([C@@H]5CCCN5C(=O)[C@H](N)c5ccccc5)n4)cc3)cc2)c[nH]1)c1ccccc1. The Hall–Kier alpha value is -5.84. The van der Waals surface area contributed by atoms with Crippen LogP contribution in [0.15, 0.2) is 122 Å². The molecule has 0 spiro atoms. The summed E-state index contributed by atoms with van der Waals surface area (Å²) in [5.74, 6) is 1.41. The van der Waals surface area contributed by atoms with Crippen molar-refractivity contribution in [2.45, 2.75) is 49.9 Å². The Bertz CT molecular complexity index is 1990. The molecule has 2 amide bonds. The van der Waals surface area contributed by atoms with Crippen molar-refractivity contribution in [1.82, 2.24) is 29.7 Å². The maximum atomic E-state index is 13.4. The van der Waals surface area contributed by atoms with Crippen LogP contribution in [0, 0.1) is 0 Å². The second-order valence-corrected chi connectivity index (χ2v) is 13.7. The average molecular weight is 691 g/mol. The number of hydrogen-bond donors (Lipinski definition) is 4. The number of carbonyl (C=O) groups excluding carboxylic acids is 2. The lowest BCUT2D eigenvalue weighted by atomic mass is 10.0. The van der Waals surface area contributed by atoms with Crippen LogP contribution in [0.1, 0.15) is 72.6 Å². The summed E-state index contributed by atoms with van der Waals surface area (Å²) in [5, 5.41) is 0. The normalized spacial score (nSPS) is 18.4. The van der Waals surface area contributed by atoms with Crippen LogP contribution < -0.4 is 11.5 Å². The van der Waals surface area contributed by atoms with Crippen molar-refractivity contribution in [3.05, 3.63) is 144 Å². The molecular weight excluding hydrogens is 649 g/mol. The van der Waals surface area contributed by atoms with E-state index in [2.05, 4.69) is 58.5 Å². The van der Waals surface area contributed by atoms with E-state index in [-0.39, 0.29) is 23.9 Å². The number of likely N-dealkylation sites (tertiary alicyclic amines) is 2. The van der Waals surface area contributed by atoms with Gasteiger partial charge in [-0.25, -0.2) is 9.97 Å². The van der Waals surface area contributed by atoms with Gasteiger partial charge in [-0.05, 0) is 47.9 Å². The minimum absolute atomic E-state index is 0.0774. The van der Waals surface area contributed by atoms with Crippen LogP contribution in [0.2, 0.25) is 0 Å². The molecule has 262 valence electrons. The first-order valence-corrected chi connectivity index (χ1v) is 18.0. The van der Waals surface area contributed by atoms with Gasteiger partial charge >= 0.3 is 0 Å². The molecule has 2 saturated heterocycles.